The Morgan fingerprint density at radius 2 is 1.96 bits per heavy atom. The molecular weight excluding hydrogens is 391 g/mol. The lowest BCUT2D eigenvalue weighted by Gasteiger charge is -2.24. The van der Waals surface area contributed by atoms with E-state index in [2.05, 4.69) is 4.98 Å². The van der Waals surface area contributed by atoms with E-state index in [1.54, 1.807) is 20.8 Å². The Morgan fingerprint density at radius 1 is 1.29 bits per heavy atom. The summed E-state index contributed by atoms with van der Waals surface area (Å²) in [5.74, 6) is -0.184. The van der Waals surface area contributed by atoms with E-state index in [4.69, 9.17) is 18.5 Å². The van der Waals surface area contributed by atoms with Crippen LogP contribution < -0.4 is 11.2 Å². The molecule has 2 aliphatic rings. The second kappa shape index (κ2) is 8.61. The van der Waals surface area contributed by atoms with Gasteiger partial charge in [-0.2, -0.15) is 0 Å². The summed E-state index contributed by atoms with van der Waals surface area (Å²) in [6.07, 6.45) is -0.267. The minimum absolute atomic E-state index is 0.0894. The first-order chi connectivity index (χ1) is 13.3. The number of hydrogen-bond acceptors (Lipinski definition) is 8. The van der Waals surface area contributed by atoms with Crippen LogP contribution in [0.5, 0.6) is 0 Å². The number of nitrogens with zero attached hydrogens (tertiary/aromatic N) is 1. The third kappa shape index (κ3) is 4.17. The molecule has 0 aromatic carbocycles. The Morgan fingerprint density at radius 3 is 2.57 bits per heavy atom. The van der Waals surface area contributed by atoms with Crippen molar-refractivity contribution in [2.75, 3.05) is 26.0 Å². The van der Waals surface area contributed by atoms with E-state index in [1.165, 1.54) is 10.8 Å². The van der Waals surface area contributed by atoms with Gasteiger partial charge in [0.15, 0.2) is 6.23 Å². The largest absolute Gasteiger partial charge is 0.394 e. The van der Waals surface area contributed by atoms with Crippen LogP contribution in [0.2, 0.25) is 0 Å². The van der Waals surface area contributed by atoms with Crippen molar-refractivity contribution < 1.29 is 28.2 Å². The van der Waals surface area contributed by atoms with Gasteiger partial charge in [-0.3, -0.25) is 18.9 Å². The van der Waals surface area contributed by atoms with Crippen molar-refractivity contribution in [3.05, 3.63) is 32.6 Å². The highest BCUT2D eigenvalue weighted by Gasteiger charge is 2.53. The van der Waals surface area contributed by atoms with Crippen molar-refractivity contribution in [1.29, 1.82) is 0 Å². The summed E-state index contributed by atoms with van der Waals surface area (Å²) >= 11 is 0. The molecule has 28 heavy (non-hydrogen) atoms. The normalized spacial score (nSPS) is 29.9. The van der Waals surface area contributed by atoms with Gasteiger partial charge in [-0.25, -0.2) is 4.79 Å². The van der Waals surface area contributed by atoms with Crippen LogP contribution in [-0.2, 0) is 23.1 Å². The maximum atomic E-state index is 12.8. The number of rotatable bonds is 8. The van der Waals surface area contributed by atoms with Crippen molar-refractivity contribution in [2.24, 2.45) is 5.92 Å². The van der Waals surface area contributed by atoms with Crippen molar-refractivity contribution in [2.45, 2.75) is 51.7 Å². The zero-order chi connectivity index (χ0) is 20.5. The Labute approximate surface area is 162 Å². The second-order valence-electron chi connectivity index (χ2n) is 6.98. The summed E-state index contributed by atoms with van der Waals surface area (Å²) < 4.78 is 36.7. The number of aromatic amines is 1. The van der Waals surface area contributed by atoms with Crippen LogP contribution >= 0.6 is 7.60 Å². The van der Waals surface area contributed by atoms with Gasteiger partial charge in [0.05, 0.1) is 38.2 Å². The molecule has 2 N–H and O–H groups in total. The summed E-state index contributed by atoms with van der Waals surface area (Å²) in [5, 5.41) is 9.70. The monoisotopic (exact) mass is 418 g/mol. The van der Waals surface area contributed by atoms with Crippen LogP contribution in [0.25, 0.3) is 0 Å². The van der Waals surface area contributed by atoms with E-state index >= 15 is 0 Å². The number of aliphatic hydroxyl groups is 1. The van der Waals surface area contributed by atoms with Gasteiger partial charge in [0.1, 0.15) is 6.10 Å². The predicted octanol–water partition coefficient (Wildman–Crippen LogP) is 0.775. The van der Waals surface area contributed by atoms with Gasteiger partial charge in [0.25, 0.3) is 5.56 Å². The number of ether oxygens (including phenoxy) is 2. The maximum Gasteiger partial charge on any atom is 0.333 e. The lowest BCUT2D eigenvalue weighted by molar-refractivity contribution is -0.0859. The quantitative estimate of drug-likeness (QED) is 0.593. The zero-order valence-electron chi connectivity index (χ0n) is 16.2. The molecule has 5 atom stereocenters. The molecule has 0 radical (unpaired) electrons. The summed E-state index contributed by atoms with van der Waals surface area (Å²) in [5.41, 5.74) is -0.715. The number of aromatic nitrogens is 2. The fourth-order valence-corrected chi connectivity index (χ4v) is 5.70. The first kappa shape index (κ1) is 21.4. The van der Waals surface area contributed by atoms with Gasteiger partial charge in [0.2, 0.25) is 0 Å². The van der Waals surface area contributed by atoms with Gasteiger partial charge in [-0.05, 0) is 27.2 Å². The molecular formula is C17H27N2O8P. The first-order valence-corrected chi connectivity index (χ1v) is 11.2. The number of fused-ring (bicyclic) bond motifs is 1. The van der Waals surface area contributed by atoms with Crippen molar-refractivity contribution in [3.8, 4) is 0 Å². The van der Waals surface area contributed by atoms with Gasteiger partial charge < -0.3 is 23.6 Å². The number of nitrogens with one attached hydrogen (secondary N) is 1. The zero-order valence-corrected chi connectivity index (χ0v) is 17.1. The standard InChI is InChI=1S/C17H27N2O8P/c1-4-24-28(23,25-5-2)9-11-6-12-13(8-20)27-16(14(12)26-11)19-7-10(3)15(21)18-17(19)22/h7,11-14,16,20H,4-6,8-9H2,1-3H3,(H,18,21,22)/t11?,12-,13-,14-,16-/m1/s1. The topological polar surface area (TPSA) is 129 Å². The van der Waals surface area contributed by atoms with E-state index in [9.17, 15) is 19.3 Å². The van der Waals surface area contributed by atoms with Crippen LogP contribution in [0.1, 0.15) is 32.1 Å². The van der Waals surface area contributed by atoms with Gasteiger partial charge in [-0.15, -0.1) is 0 Å². The summed E-state index contributed by atoms with van der Waals surface area (Å²) in [4.78, 5) is 26.2. The molecule has 2 fully saturated rings. The minimum Gasteiger partial charge on any atom is -0.394 e. The lowest BCUT2D eigenvalue weighted by atomic mass is 9.95. The van der Waals surface area contributed by atoms with E-state index in [0.29, 0.717) is 12.0 Å². The summed E-state index contributed by atoms with van der Waals surface area (Å²) in [6, 6.07) is 0. The predicted molar refractivity (Wildman–Crippen MR) is 99.5 cm³/mol. The number of H-pyrrole nitrogens is 1. The molecule has 1 unspecified atom stereocenters. The Balaban J connectivity index is 1.83. The molecule has 0 amide bonds. The Kier molecular flexibility index (Phi) is 6.58. The molecule has 3 heterocycles. The third-order valence-corrected chi connectivity index (χ3v) is 7.22. The fraction of sp³-hybridized carbons (Fsp3) is 0.765. The van der Waals surface area contributed by atoms with Gasteiger partial charge in [0, 0.05) is 17.7 Å². The number of hydrogen-bond donors (Lipinski definition) is 2. The van der Waals surface area contributed by atoms with Crippen LogP contribution in [0.15, 0.2) is 15.8 Å². The van der Waals surface area contributed by atoms with E-state index in [0.717, 1.165) is 0 Å². The van der Waals surface area contributed by atoms with Crippen LogP contribution in [-0.4, -0.2) is 59.0 Å². The van der Waals surface area contributed by atoms with Gasteiger partial charge in [-0.1, -0.05) is 0 Å². The summed E-state index contributed by atoms with van der Waals surface area (Å²) in [7, 11) is -3.30. The van der Waals surface area contributed by atoms with Gasteiger partial charge >= 0.3 is 13.3 Å². The van der Waals surface area contributed by atoms with Crippen LogP contribution in [0.4, 0.5) is 0 Å². The molecule has 10 nitrogen and oxygen atoms in total. The third-order valence-electron chi connectivity index (χ3n) is 5.06. The Bertz CT molecular complexity index is 842. The highest BCUT2D eigenvalue weighted by Crippen LogP contribution is 2.53. The molecule has 1 aromatic rings. The van der Waals surface area contributed by atoms with E-state index < -0.39 is 43.4 Å². The van der Waals surface area contributed by atoms with E-state index in [-0.39, 0.29) is 31.9 Å². The SMILES string of the molecule is CCOP(=O)(CC1C[C@H]2[C@@H](O1)[C@H](n1cc(C)c(=O)[nH]c1=O)O[C@@H]2CO)OCC. The average Bonchev–Trinajstić information content (AvgIpc) is 3.16. The molecule has 0 saturated carbocycles. The Hall–Kier alpha value is -1.29. The number of aryl methyl sites for hydroxylation is 1. The minimum atomic E-state index is -3.30. The molecule has 0 bridgehead atoms. The second-order valence-corrected chi connectivity index (χ2v) is 9.08. The molecule has 0 aliphatic carbocycles. The number of aliphatic hydroxyl groups excluding tert-OH is 1. The lowest BCUT2D eigenvalue weighted by Crippen LogP contribution is -2.37. The molecule has 11 heteroatoms. The molecule has 3 rings (SSSR count). The van der Waals surface area contributed by atoms with Crippen LogP contribution in [0, 0.1) is 12.8 Å². The molecule has 158 valence electrons. The molecule has 0 spiro atoms. The van der Waals surface area contributed by atoms with Crippen molar-refractivity contribution in [1.82, 2.24) is 9.55 Å². The molecule has 2 saturated heterocycles. The molecule has 2 aliphatic heterocycles. The van der Waals surface area contributed by atoms with Crippen LogP contribution in [0.3, 0.4) is 0 Å². The summed E-state index contributed by atoms with van der Waals surface area (Å²) in [6.45, 7) is 5.35. The fourth-order valence-electron chi connectivity index (χ4n) is 3.90. The smallest absolute Gasteiger partial charge is 0.333 e. The molecule has 1 aromatic heterocycles. The highest BCUT2D eigenvalue weighted by molar-refractivity contribution is 7.53. The average molecular weight is 418 g/mol. The van der Waals surface area contributed by atoms with E-state index in [1.807, 2.05) is 0 Å². The maximum absolute atomic E-state index is 12.8. The first-order valence-electron chi connectivity index (χ1n) is 9.43. The van der Waals surface area contributed by atoms with Crippen molar-refractivity contribution >= 4 is 7.60 Å². The highest BCUT2D eigenvalue weighted by atomic mass is 31.2. The van der Waals surface area contributed by atoms with Crippen molar-refractivity contribution in [3.63, 3.8) is 0 Å².